The largest absolute Gasteiger partial charge is 0.416 e. The molecular formula is C18H13F3N4OS2. The van der Waals surface area contributed by atoms with Gasteiger partial charge < -0.3 is 5.32 Å². The van der Waals surface area contributed by atoms with Crippen molar-refractivity contribution in [1.82, 2.24) is 19.7 Å². The van der Waals surface area contributed by atoms with Crippen molar-refractivity contribution in [3.8, 4) is 11.3 Å². The number of amides is 1. The highest BCUT2D eigenvalue weighted by molar-refractivity contribution is 7.15. The third kappa shape index (κ3) is 3.52. The van der Waals surface area contributed by atoms with Gasteiger partial charge in [0.1, 0.15) is 10.7 Å². The molecule has 0 aliphatic carbocycles. The highest BCUT2D eigenvalue weighted by Crippen LogP contribution is 2.32. The van der Waals surface area contributed by atoms with Crippen LogP contribution in [0, 0.1) is 0 Å². The van der Waals surface area contributed by atoms with E-state index in [2.05, 4.69) is 15.3 Å². The van der Waals surface area contributed by atoms with Gasteiger partial charge in [0.15, 0.2) is 4.96 Å². The minimum absolute atomic E-state index is 0.256. The summed E-state index contributed by atoms with van der Waals surface area (Å²) in [6.07, 6.45) is -1.18. The minimum atomic E-state index is -4.43. The number of carbonyl (C=O) groups is 1. The summed E-state index contributed by atoms with van der Waals surface area (Å²) in [4.78, 5) is 21.7. The fourth-order valence-electron chi connectivity index (χ4n) is 2.72. The van der Waals surface area contributed by atoms with Crippen molar-refractivity contribution in [3.05, 3.63) is 63.7 Å². The second kappa shape index (κ2) is 7.02. The second-order valence-electron chi connectivity index (χ2n) is 6.04. The van der Waals surface area contributed by atoms with E-state index in [9.17, 15) is 18.0 Å². The van der Waals surface area contributed by atoms with Crippen molar-refractivity contribution >= 4 is 33.5 Å². The zero-order chi connectivity index (χ0) is 19.9. The Morgan fingerprint density at radius 3 is 2.82 bits per heavy atom. The van der Waals surface area contributed by atoms with Crippen LogP contribution in [0.2, 0.25) is 0 Å². The Balaban J connectivity index is 1.63. The molecule has 1 aromatic carbocycles. The average molecular weight is 422 g/mol. The molecule has 0 saturated heterocycles. The van der Waals surface area contributed by atoms with Gasteiger partial charge in [-0.15, -0.1) is 22.7 Å². The third-order valence-corrected chi connectivity index (χ3v) is 5.89. The number of halogens is 3. The maximum Gasteiger partial charge on any atom is 0.416 e. The summed E-state index contributed by atoms with van der Waals surface area (Å²) in [7, 11) is 0. The lowest BCUT2D eigenvalue weighted by Crippen LogP contribution is -2.27. The van der Waals surface area contributed by atoms with Crippen LogP contribution in [-0.2, 0) is 6.18 Å². The van der Waals surface area contributed by atoms with Crippen molar-refractivity contribution in [2.24, 2.45) is 0 Å². The first-order chi connectivity index (χ1) is 13.3. The molecule has 0 saturated carbocycles. The molecule has 4 rings (SSSR count). The van der Waals surface area contributed by atoms with Gasteiger partial charge in [0.05, 0.1) is 17.3 Å². The Labute approximate surface area is 165 Å². The topological polar surface area (TPSA) is 59.3 Å². The monoisotopic (exact) mass is 422 g/mol. The minimum Gasteiger partial charge on any atom is -0.342 e. The molecule has 10 heteroatoms. The number of hydrogen-bond donors (Lipinski definition) is 1. The van der Waals surface area contributed by atoms with Crippen LogP contribution in [0.1, 0.15) is 34.0 Å². The van der Waals surface area contributed by atoms with Crippen LogP contribution in [0.25, 0.3) is 16.2 Å². The molecule has 1 amide bonds. The Bertz CT molecular complexity index is 1130. The first kappa shape index (κ1) is 18.6. The van der Waals surface area contributed by atoms with Crippen LogP contribution < -0.4 is 5.32 Å². The van der Waals surface area contributed by atoms with E-state index in [0.29, 0.717) is 21.9 Å². The molecule has 0 spiro atoms. The molecule has 28 heavy (non-hydrogen) atoms. The van der Waals surface area contributed by atoms with Gasteiger partial charge in [-0.25, -0.2) is 9.97 Å². The summed E-state index contributed by atoms with van der Waals surface area (Å²) in [6, 6.07) is 4.71. The smallest absolute Gasteiger partial charge is 0.342 e. The van der Waals surface area contributed by atoms with Crippen molar-refractivity contribution < 1.29 is 18.0 Å². The van der Waals surface area contributed by atoms with E-state index in [1.807, 2.05) is 12.3 Å². The summed E-state index contributed by atoms with van der Waals surface area (Å²) in [5, 5.41) is 7.16. The molecule has 0 bridgehead atoms. The van der Waals surface area contributed by atoms with Crippen molar-refractivity contribution in [2.75, 3.05) is 0 Å². The van der Waals surface area contributed by atoms with Crippen LogP contribution >= 0.6 is 22.7 Å². The molecule has 5 nitrogen and oxygen atoms in total. The van der Waals surface area contributed by atoms with Gasteiger partial charge in [0.2, 0.25) is 0 Å². The number of rotatable bonds is 4. The molecule has 0 unspecified atom stereocenters. The predicted molar refractivity (Wildman–Crippen MR) is 102 cm³/mol. The normalized spacial score (nSPS) is 13.0. The van der Waals surface area contributed by atoms with Crippen LogP contribution in [0.4, 0.5) is 13.2 Å². The van der Waals surface area contributed by atoms with Gasteiger partial charge >= 0.3 is 6.18 Å². The summed E-state index contributed by atoms with van der Waals surface area (Å²) in [5.74, 6) is -0.304. The summed E-state index contributed by atoms with van der Waals surface area (Å²) >= 11 is 2.69. The van der Waals surface area contributed by atoms with Gasteiger partial charge in [-0.05, 0) is 19.1 Å². The maximum atomic E-state index is 13.0. The lowest BCUT2D eigenvalue weighted by molar-refractivity contribution is -0.137. The molecule has 1 N–H and O–H groups in total. The average Bonchev–Trinajstić information content (AvgIpc) is 3.37. The number of hydrogen-bond acceptors (Lipinski definition) is 5. The first-order valence-electron chi connectivity index (χ1n) is 8.17. The van der Waals surface area contributed by atoms with E-state index in [0.717, 1.165) is 17.1 Å². The van der Waals surface area contributed by atoms with E-state index in [1.54, 1.807) is 28.2 Å². The van der Waals surface area contributed by atoms with Crippen molar-refractivity contribution in [2.45, 2.75) is 19.1 Å². The van der Waals surface area contributed by atoms with E-state index in [4.69, 9.17) is 0 Å². The van der Waals surface area contributed by atoms with Gasteiger partial charge in [-0.1, -0.05) is 12.1 Å². The lowest BCUT2D eigenvalue weighted by atomic mass is 10.1. The molecule has 1 atom stereocenters. The molecule has 0 aliphatic heterocycles. The number of carbonyl (C=O) groups excluding carboxylic acids is 1. The second-order valence-corrected chi connectivity index (χ2v) is 7.81. The summed E-state index contributed by atoms with van der Waals surface area (Å²) in [6.45, 7) is 1.84. The lowest BCUT2D eigenvalue weighted by Gasteiger charge is -2.10. The van der Waals surface area contributed by atoms with Crippen molar-refractivity contribution in [3.63, 3.8) is 0 Å². The third-order valence-electron chi connectivity index (χ3n) is 4.10. The fraction of sp³-hybridized carbons (Fsp3) is 0.167. The van der Waals surface area contributed by atoms with E-state index >= 15 is 0 Å². The van der Waals surface area contributed by atoms with E-state index in [1.165, 1.54) is 28.7 Å². The Hall–Kier alpha value is -2.72. The molecular weight excluding hydrogens is 409 g/mol. The maximum absolute atomic E-state index is 13.0. The predicted octanol–water partition coefficient (Wildman–Crippen LogP) is 5.03. The standard InChI is InChI=1S/C18H13F3N4OS2/c1-10(16-22-5-6-27-16)23-15(26)14-9-28-17-24-13(8-25(14)17)11-3-2-4-12(7-11)18(19,20)21/h2-10H,1H3,(H,23,26)/t10-/m1/s1. The zero-order valence-corrected chi connectivity index (χ0v) is 16.0. The van der Waals surface area contributed by atoms with Crippen LogP contribution in [-0.4, -0.2) is 20.3 Å². The van der Waals surface area contributed by atoms with E-state index in [-0.39, 0.29) is 11.9 Å². The Morgan fingerprint density at radius 2 is 2.11 bits per heavy atom. The molecule has 3 aromatic heterocycles. The number of nitrogens with one attached hydrogen (secondary N) is 1. The van der Waals surface area contributed by atoms with Crippen LogP contribution in [0.3, 0.4) is 0 Å². The molecule has 3 heterocycles. The SMILES string of the molecule is C[C@@H](NC(=O)c1csc2nc(-c3cccc(C(F)(F)F)c3)cn12)c1nccs1. The number of thiazole rings is 2. The molecule has 0 aliphatic rings. The number of alkyl halides is 3. The fourth-order valence-corrected chi connectivity index (χ4v) is 4.22. The number of aromatic nitrogens is 3. The molecule has 144 valence electrons. The van der Waals surface area contributed by atoms with E-state index < -0.39 is 11.7 Å². The molecule has 0 fully saturated rings. The van der Waals surface area contributed by atoms with Gasteiger partial charge in [0.25, 0.3) is 5.91 Å². The van der Waals surface area contributed by atoms with Crippen molar-refractivity contribution in [1.29, 1.82) is 0 Å². The highest BCUT2D eigenvalue weighted by Gasteiger charge is 2.30. The zero-order valence-electron chi connectivity index (χ0n) is 14.4. The molecule has 4 aromatic rings. The first-order valence-corrected chi connectivity index (χ1v) is 9.93. The Kier molecular flexibility index (Phi) is 4.68. The number of nitrogens with zero attached hydrogens (tertiary/aromatic N) is 3. The quantitative estimate of drug-likeness (QED) is 0.502. The van der Waals surface area contributed by atoms with Gasteiger partial charge in [0, 0.05) is 28.7 Å². The molecule has 0 radical (unpaired) electrons. The van der Waals surface area contributed by atoms with Crippen LogP contribution in [0.5, 0.6) is 0 Å². The summed E-state index contributed by atoms with van der Waals surface area (Å²) in [5.41, 5.74) is 0.346. The summed E-state index contributed by atoms with van der Waals surface area (Å²) < 4.78 is 40.5. The Morgan fingerprint density at radius 1 is 1.29 bits per heavy atom. The van der Waals surface area contributed by atoms with Crippen LogP contribution in [0.15, 0.2) is 47.4 Å². The number of imidazole rings is 1. The van der Waals surface area contributed by atoms with Gasteiger partial charge in [-0.2, -0.15) is 13.2 Å². The number of fused-ring (bicyclic) bond motifs is 1. The number of benzene rings is 1. The highest BCUT2D eigenvalue weighted by atomic mass is 32.1. The van der Waals surface area contributed by atoms with Gasteiger partial charge in [-0.3, -0.25) is 9.20 Å².